The average Bonchev–Trinajstić information content (AvgIpc) is 2.52. The van der Waals surface area contributed by atoms with Crippen LogP contribution in [0.3, 0.4) is 0 Å². The van der Waals surface area contributed by atoms with Gasteiger partial charge >= 0.3 is 0 Å². The molecule has 4 bridgehead atoms. The maximum absolute atomic E-state index is 12.1. The van der Waals surface area contributed by atoms with Gasteiger partial charge in [-0.05, 0) is 79.4 Å². The molecule has 0 radical (unpaired) electrons. The van der Waals surface area contributed by atoms with E-state index in [1.807, 2.05) is 12.1 Å². The minimum atomic E-state index is -0.391. The summed E-state index contributed by atoms with van der Waals surface area (Å²) in [5.74, 6) is 2.45. The van der Waals surface area contributed by atoms with Gasteiger partial charge in [-0.1, -0.05) is 0 Å². The third-order valence-corrected chi connectivity index (χ3v) is 6.40. The third-order valence-electron chi connectivity index (χ3n) is 6.40. The molecule has 0 saturated heterocycles. The Kier molecular flexibility index (Phi) is 3.88. The van der Waals surface area contributed by atoms with E-state index >= 15 is 0 Å². The Morgan fingerprint density at radius 2 is 1.74 bits per heavy atom. The van der Waals surface area contributed by atoms with Crippen LogP contribution in [0.1, 0.15) is 44.1 Å². The fraction of sp³-hybridized carbons (Fsp3) is 0.684. The number of aliphatic hydroxyl groups excluding tert-OH is 1. The van der Waals surface area contributed by atoms with Crippen LogP contribution in [0, 0.1) is 23.2 Å². The van der Waals surface area contributed by atoms with Crippen LogP contribution >= 0.6 is 0 Å². The number of aromatic nitrogens is 1. The normalized spacial score (nSPS) is 36.0. The molecule has 4 aliphatic rings. The molecule has 23 heavy (non-hydrogen) atoms. The largest absolute Gasteiger partial charge is 0.391 e. The van der Waals surface area contributed by atoms with Crippen LogP contribution in [0.25, 0.3) is 0 Å². The second-order valence-electron chi connectivity index (χ2n) is 8.13. The van der Waals surface area contributed by atoms with Crippen molar-refractivity contribution in [3.8, 4) is 0 Å². The molecule has 124 valence electrons. The molecule has 4 saturated carbocycles. The van der Waals surface area contributed by atoms with E-state index in [-0.39, 0.29) is 11.3 Å². The molecule has 0 aromatic carbocycles. The van der Waals surface area contributed by atoms with Crippen molar-refractivity contribution in [2.75, 3.05) is 6.54 Å². The van der Waals surface area contributed by atoms with Gasteiger partial charge in [-0.25, -0.2) is 0 Å². The predicted molar refractivity (Wildman–Crippen MR) is 87.6 cm³/mol. The van der Waals surface area contributed by atoms with Crippen LogP contribution in [0.5, 0.6) is 0 Å². The lowest BCUT2D eigenvalue weighted by molar-refractivity contribution is -0.128. The summed E-state index contributed by atoms with van der Waals surface area (Å²) in [6.07, 6.45) is 11.0. The number of hydrogen-bond acceptors (Lipinski definition) is 3. The second kappa shape index (κ2) is 5.90. The first-order valence-corrected chi connectivity index (χ1v) is 8.97. The Morgan fingerprint density at radius 3 is 2.30 bits per heavy atom. The lowest BCUT2D eigenvalue weighted by Gasteiger charge is -2.58. The van der Waals surface area contributed by atoms with Gasteiger partial charge in [0.05, 0.1) is 12.5 Å². The summed E-state index contributed by atoms with van der Waals surface area (Å²) in [7, 11) is 0. The highest BCUT2D eigenvalue weighted by atomic mass is 16.3. The second-order valence-corrected chi connectivity index (χ2v) is 8.13. The topological polar surface area (TPSA) is 62.2 Å². The van der Waals surface area contributed by atoms with Gasteiger partial charge in [-0.3, -0.25) is 9.78 Å². The molecular weight excluding hydrogens is 288 g/mol. The molecule has 0 spiro atoms. The van der Waals surface area contributed by atoms with Gasteiger partial charge in [0.2, 0.25) is 5.91 Å². The molecule has 2 N–H and O–H groups in total. The molecule has 4 fully saturated rings. The minimum Gasteiger partial charge on any atom is -0.391 e. The van der Waals surface area contributed by atoms with Crippen LogP contribution < -0.4 is 5.32 Å². The number of carbonyl (C=O) groups excluding carboxylic acids is 1. The van der Waals surface area contributed by atoms with Crippen molar-refractivity contribution < 1.29 is 9.90 Å². The summed E-state index contributed by atoms with van der Waals surface area (Å²) in [6.45, 7) is 0.399. The van der Waals surface area contributed by atoms with Gasteiger partial charge in [-0.15, -0.1) is 0 Å². The Morgan fingerprint density at radius 1 is 1.17 bits per heavy atom. The first-order valence-electron chi connectivity index (χ1n) is 8.97. The average molecular weight is 314 g/mol. The molecule has 1 aromatic rings. The minimum absolute atomic E-state index is 0.0139. The van der Waals surface area contributed by atoms with Gasteiger partial charge in [0.15, 0.2) is 0 Å². The fourth-order valence-electron chi connectivity index (χ4n) is 5.76. The number of aliphatic hydroxyl groups is 1. The number of pyridine rings is 1. The lowest BCUT2D eigenvalue weighted by Crippen LogP contribution is -2.54. The number of hydrogen-bond donors (Lipinski definition) is 2. The van der Waals surface area contributed by atoms with Crippen molar-refractivity contribution in [1.29, 1.82) is 0 Å². The van der Waals surface area contributed by atoms with E-state index in [0.717, 1.165) is 23.3 Å². The summed E-state index contributed by atoms with van der Waals surface area (Å²) in [5, 5.41) is 13.8. The molecule has 4 heteroatoms. The van der Waals surface area contributed by atoms with E-state index in [9.17, 15) is 9.90 Å². The van der Waals surface area contributed by atoms with Crippen molar-refractivity contribution in [1.82, 2.24) is 10.3 Å². The summed E-state index contributed by atoms with van der Waals surface area (Å²) < 4.78 is 0. The van der Waals surface area contributed by atoms with Crippen molar-refractivity contribution in [3.63, 3.8) is 0 Å². The highest BCUT2D eigenvalue weighted by molar-refractivity contribution is 5.78. The Labute approximate surface area is 137 Å². The van der Waals surface area contributed by atoms with Crippen LogP contribution in [0.2, 0.25) is 0 Å². The maximum Gasteiger partial charge on any atom is 0.224 e. The van der Waals surface area contributed by atoms with E-state index in [0.29, 0.717) is 13.0 Å². The molecule has 4 nitrogen and oxygen atoms in total. The van der Waals surface area contributed by atoms with E-state index in [1.54, 1.807) is 12.4 Å². The molecule has 1 aromatic heterocycles. The lowest BCUT2D eigenvalue weighted by atomic mass is 9.48. The van der Waals surface area contributed by atoms with Crippen LogP contribution in [0.15, 0.2) is 24.5 Å². The Bertz CT molecular complexity index is 537. The van der Waals surface area contributed by atoms with Crippen LogP contribution in [-0.2, 0) is 11.2 Å². The molecule has 1 amide bonds. The first-order chi connectivity index (χ1) is 11.1. The van der Waals surface area contributed by atoms with Gasteiger partial charge < -0.3 is 10.4 Å². The zero-order chi connectivity index (χ0) is 15.9. The van der Waals surface area contributed by atoms with Crippen molar-refractivity contribution in [2.45, 2.75) is 51.0 Å². The molecule has 0 unspecified atom stereocenters. The summed E-state index contributed by atoms with van der Waals surface area (Å²) in [6, 6.07) is 3.71. The zero-order valence-electron chi connectivity index (χ0n) is 13.6. The molecule has 5 rings (SSSR count). The summed E-state index contributed by atoms with van der Waals surface area (Å²) >= 11 is 0. The number of rotatable bonds is 5. The monoisotopic (exact) mass is 314 g/mol. The summed E-state index contributed by atoms with van der Waals surface area (Å²) in [4.78, 5) is 16.1. The quantitative estimate of drug-likeness (QED) is 0.877. The zero-order valence-corrected chi connectivity index (χ0v) is 13.6. The Hall–Kier alpha value is -1.42. The Balaban J connectivity index is 1.33. The molecule has 1 heterocycles. The standard InChI is InChI=1S/C19H26N2O2/c22-17(12-21-18(23)8-13-1-3-20-4-2-13)19-9-14-5-15(10-19)7-16(6-14)11-19/h1-4,14-17,22H,5-12H2,(H,21,23)/t14?,15?,16?,17-,19?/m0/s1. The third kappa shape index (κ3) is 3.01. The van der Waals surface area contributed by atoms with E-state index in [2.05, 4.69) is 10.3 Å². The van der Waals surface area contributed by atoms with Crippen LogP contribution in [-0.4, -0.2) is 28.6 Å². The van der Waals surface area contributed by atoms with Crippen molar-refractivity contribution in [3.05, 3.63) is 30.1 Å². The molecule has 0 aliphatic heterocycles. The van der Waals surface area contributed by atoms with Crippen LogP contribution in [0.4, 0.5) is 0 Å². The van der Waals surface area contributed by atoms with Gasteiger partial charge in [0.1, 0.15) is 0 Å². The van der Waals surface area contributed by atoms with Crippen molar-refractivity contribution >= 4 is 5.91 Å². The first kappa shape index (κ1) is 15.1. The van der Waals surface area contributed by atoms with Crippen molar-refractivity contribution in [2.24, 2.45) is 23.2 Å². The van der Waals surface area contributed by atoms with E-state index in [1.165, 1.54) is 38.5 Å². The van der Waals surface area contributed by atoms with E-state index < -0.39 is 6.10 Å². The maximum atomic E-state index is 12.1. The number of amides is 1. The smallest absolute Gasteiger partial charge is 0.224 e. The summed E-state index contributed by atoms with van der Waals surface area (Å²) in [5.41, 5.74) is 1.04. The van der Waals surface area contributed by atoms with E-state index in [4.69, 9.17) is 0 Å². The predicted octanol–water partition coefficient (Wildman–Crippen LogP) is 2.32. The number of carbonyl (C=O) groups is 1. The highest BCUT2D eigenvalue weighted by Crippen LogP contribution is 2.61. The number of nitrogens with zero attached hydrogens (tertiary/aromatic N) is 1. The molecule has 1 atom stereocenters. The fourth-order valence-corrected chi connectivity index (χ4v) is 5.76. The SMILES string of the molecule is O=C(Cc1ccncc1)NC[C@H](O)C12CC3CC(CC(C3)C1)C2. The van der Waals surface area contributed by atoms with Gasteiger partial charge in [-0.2, -0.15) is 0 Å². The molecule has 4 aliphatic carbocycles. The van der Waals surface area contributed by atoms with Gasteiger partial charge in [0.25, 0.3) is 0 Å². The highest BCUT2D eigenvalue weighted by Gasteiger charge is 2.53. The number of nitrogens with one attached hydrogen (secondary N) is 1. The van der Waals surface area contributed by atoms with Gasteiger partial charge in [0, 0.05) is 18.9 Å². The molecular formula is C19H26N2O2.